The number of thiophene rings is 1. The van der Waals surface area contributed by atoms with Gasteiger partial charge < -0.3 is 0 Å². The van der Waals surface area contributed by atoms with Crippen molar-refractivity contribution in [1.29, 1.82) is 0 Å². The van der Waals surface area contributed by atoms with E-state index in [-0.39, 0.29) is 5.78 Å². The lowest BCUT2D eigenvalue weighted by molar-refractivity contribution is 0.103. The first-order valence-corrected chi connectivity index (χ1v) is 7.04. The zero-order valence-electron chi connectivity index (χ0n) is 9.38. The second-order valence-corrected chi connectivity index (χ2v) is 6.94. The molecule has 0 spiro atoms. The molecule has 0 unspecified atom stereocenters. The summed E-state index contributed by atoms with van der Waals surface area (Å²) < 4.78 is 0.970. The maximum absolute atomic E-state index is 12.3. The monoisotopic (exact) mass is 328 g/mol. The highest BCUT2D eigenvalue weighted by Crippen LogP contribution is 2.28. The molecule has 1 nitrogen and oxygen atoms in total. The average Bonchev–Trinajstić information content (AvgIpc) is 2.55. The lowest BCUT2D eigenvalue weighted by Crippen LogP contribution is -2.01. The minimum atomic E-state index is 0.0232. The van der Waals surface area contributed by atoms with Gasteiger partial charge in [-0.15, -0.1) is 11.3 Å². The Balaban J connectivity index is 2.47. The van der Waals surface area contributed by atoms with Crippen LogP contribution in [0.5, 0.6) is 0 Å². The van der Waals surface area contributed by atoms with Crippen molar-refractivity contribution >= 4 is 44.7 Å². The van der Waals surface area contributed by atoms with Crippen molar-refractivity contribution in [3.63, 3.8) is 0 Å². The molecule has 0 N–H and O–H groups in total. The van der Waals surface area contributed by atoms with Crippen LogP contribution in [0.3, 0.4) is 0 Å². The molecule has 0 amide bonds. The Kier molecular flexibility index (Phi) is 3.71. The number of rotatable bonds is 2. The van der Waals surface area contributed by atoms with Gasteiger partial charge in [0, 0.05) is 21.0 Å². The highest BCUT2D eigenvalue weighted by Gasteiger charge is 2.15. The molecule has 0 aliphatic carbocycles. The summed E-state index contributed by atoms with van der Waals surface area (Å²) in [6, 6.07) is 7.27. The molecule has 1 aromatic heterocycles. The molecule has 4 heteroatoms. The third-order valence-corrected chi connectivity index (χ3v) is 4.21. The van der Waals surface area contributed by atoms with Crippen LogP contribution in [-0.2, 0) is 0 Å². The van der Waals surface area contributed by atoms with Gasteiger partial charge in [-0.2, -0.15) is 0 Å². The Hall–Kier alpha value is -0.640. The van der Waals surface area contributed by atoms with Crippen molar-refractivity contribution in [2.45, 2.75) is 13.8 Å². The molecule has 1 aromatic carbocycles. The minimum Gasteiger partial charge on any atom is -0.289 e. The van der Waals surface area contributed by atoms with Crippen LogP contribution in [0, 0.1) is 13.8 Å². The van der Waals surface area contributed by atoms with E-state index in [4.69, 9.17) is 11.6 Å². The lowest BCUT2D eigenvalue weighted by atomic mass is 10.0. The van der Waals surface area contributed by atoms with Crippen LogP contribution in [0.1, 0.15) is 26.4 Å². The summed E-state index contributed by atoms with van der Waals surface area (Å²) in [6.07, 6.45) is 0. The maximum Gasteiger partial charge on any atom is 0.194 e. The third kappa shape index (κ3) is 2.79. The van der Waals surface area contributed by atoms with Gasteiger partial charge in [0.15, 0.2) is 5.78 Å². The molecule has 2 aromatic rings. The van der Waals surface area contributed by atoms with Gasteiger partial charge in [0.2, 0.25) is 0 Å². The van der Waals surface area contributed by atoms with Gasteiger partial charge in [-0.05, 0) is 59.6 Å². The quantitative estimate of drug-likeness (QED) is 0.708. The smallest absolute Gasteiger partial charge is 0.194 e. The van der Waals surface area contributed by atoms with Crippen LogP contribution in [-0.4, -0.2) is 5.78 Å². The predicted molar refractivity (Wildman–Crippen MR) is 76.4 cm³/mol. The van der Waals surface area contributed by atoms with Gasteiger partial charge in [-0.3, -0.25) is 4.79 Å². The number of ketones is 1. The van der Waals surface area contributed by atoms with E-state index in [1.165, 1.54) is 0 Å². The number of hydrogen-bond acceptors (Lipinski definition) is 2. The molecule has 17 heavy (non-hydrogen) atoms. The Labute approximate surface area is 118 Å². The van der Waals surface area contributed by atoms with E-state index in [2.05, 4.69) is 15.9 Å². The first-order valence-electron chi connectivity index (χ1n) is 5.05. The molecular weight excluding hydrogens is 320 g/mol. The first kappa shape index (κ1) is 12.8. The van der Waals surface area contributed by atoms with E-state index in [1.54, 1.807) is 17.4 Å². The van der Waals surface area contributed by atoms with Crippen molar-refractivity contribution in [2.75, 3.05) is 0 Å². The number of halogens is 2. The number of carbonyl (C=O) groups is 1. The van der Waals surface area contributed by atoms with Crippen LogP contribution in [0.25, 0.3) is 0 Å². The highest BCUT2D eigenvalue weighted by atomic mass is 79.9. The number of benzene rings is 1. The molecule has 0 aliphatic heterocycles. The summed E-state index contributed by atoms with van der Waals surface area (Å²) in [5.74, 6) is 0.0232. The highest BCUT2D eigenvalue weighted by molar-refractivity contribution is 9.11. The lowest BCUT2D eigenvalue weighted by Gasteiger charge is -2.03. The van der Waals surface area contributed by atoms with Crippen LogP contribution >= 0.6 is 38.9 Å². The van der Waals surface area contributed by atoms with E-state index >= 15 is 0 Å². The van der Waals surface area contributed by atoms with E-state index in [9.17, 15) is 4.79 Å². The van der Waals surface area contributed by atoms with E-state index in [1.807, 2.05) is 32.0 Å². The minimum absolute atomic E-state index is 0.0232. The second kappa shape index (κ2) is 4.92. The van der Waals surface area contributed by atoms with Crippen molar-refractivity contribution in [2.24, 2.45) is 0 Å². The molecule has 0 saturated carbocycles. The van der Waals surface area contributed by atoms with Crippen LogP contribution < -0.4 is 0 Å². The average molecular weight is 330 g/mol. The standard InChI is InChI=1S/C13H10BrClOS/c1-7-3-9(5-10(15)4-7)13(16)11-6-12(14)17-8(11)2/h3-6H,1-2H3. The number of aryl methyl sites for hydroxylation is 2. The van der Waals surface area contributed by atoms with Crippen molar-refractivity contribution in [1.82, 2.24) is 0 Å². The molecule has 88 valence electrons. The zero-order chi connectivity index (χ0) is 12.6. The van der Waals surface area contributed by atoms with Gasteiger partial charge >= 0.3 is 0 Å². The Morgan fingerprint density at radius 3 is 2.47 bits per heavy atom. The molecule has 0 saturated heterocycles. The summed E-state index contributed by atoms with van der Waals surface area (Å²) in [7, 11) is 0. The molecule has 0 fully saturated rings. The summed E-state index contributed by atoms with van der Waals surface area (Å²) in [5, 5.41) is 0.597. The fourth-order valence-corrected chi connectivity index (χ4v) is 3.67. The SMILES string of the molecule is Cc1cc(Cl)cc(C(=O)c2cc(Br)sc2C)c1. The Bertz CT molecular complexity index is 569. The molecular formula is C13H10BrClOS. The number of carbonyl (C=O) groups excluding carboxylic acids is 1. The van der Waals surface area contributed by atoms with Gasteiger partial charge in [0.05, 0.1) is 3.79 Å². The van der Waals surface area contributed by atoms with E-state index in [0.717, 1.165) is 19.8 Å². The predicted octanol–water partition coefficient (Wildman–Crippen LogP) is 5.01. The molecule has 0 radical (unpaired) electrons. The third-order valence-electron chi connectivity index (χ3n) is 2.44. The molecule has 0 bridgehead atoms. The largest absolute Gasteiger partial charge is 0.289 e. The topological polar surface area (TPSA) is 17.1 Å². The second-order valence-electron chi connectivity index (χ2n) is 3.87. The Morgan fingerprint density at radius 1 is 1.24 bits per heavy atom. The van der Waals surface area contributed by atoms with Gasteiger partial charge in [0.1, 0.15) is 0 Å². The fourth-order valence-electron chi connectivity index (χ4n) is 1.69. The summed E-state index contributed by atoms with van der Waals surface area (Å²) >= 11 is 10.9. The summed E-state index contributed by atoms with van der Waals surface area (Å²) in [6.45, 7) is 3.87. The van der Waals surface area contributed by atoms with Crippen LogP contribution in [0.4, 0.5) is 0 Å². The van der Waals surface area contributed by atoms with Crippen molar-refractivity contribution in [3.05, 3.63) is 54.6 Å². The summed E-state index contributed by atoms with van der Waals surface area (Å²) in [4.78, 5) is 13.3. The molecule has 0 atom stereocenters. The van der Waals surface area contributed by atoms with Gasteiger partial charge in [-0.25, -0.2) is 0 Å². The fraction of sp³-hybridized carbons (Fsp3) is 0.154. The van der Waals surface area contributed by atoms with E-state index in [0.29, 0.717) is 10.6 Å². The molecule has 2 rings (SSSR count). The summed E-state index contributed by atoms with van der Waals surface area (Å²) in [5.41, 5.74) is 2.37. The van der Waals surface area contributed by atoms with Crippen molar-refractivity contribution in [3.8, 4) is 0 Å². The first-order chi connectivity index (χ1) is 7.97. The van der Waals surface area contributed by atoms with Crippen molar-refractivity contribution < 1.29 is 4.79 Å². The number of hydrogen-bond donors (Lipinski definition) is 0. The van der Waals surface area contributed by atoms with Gasteiger partial charge in [-0.1, -0.05) is 11.6 Å². The maximum atomic E-state index is 12.3. The van der Waals surface area contributed by atoms with Gasteiger partial charge in [0.25, 0.3) is 0 Å². The zero-order valence-corrected chi connectivity index (χ0v) is 12.5. The van der Waals surface area contributed by atoms with Crippen LogP contribution in [0.2, 0.25) is 5.02 Å². The molecule has 1 heterocycles. The Morgan fingerprint density at radius 2 is 1.94 bits per heavy atom. The van der Waals surface area contributed by atoms with E-state index < -0.39 is 0 Å². The normalized spacial score (nSPS) is 10.6. The van der Waals surface area contributed by atoms with Crippen LogP contribution in [0.15, 0.2) is 28.1 Å². The molecule has 0 aliphatic rings.